The molecule has 1 amide bonds. The molecule has 2 rings (SSSR count). The van der Waals surface area contributed by atoms with Crippen molar-refractivity contribution in [3.63, 3.8) is 0 Å². The van der Waals surface area contributed by atoms with Gasteiger partial charge >= 0.3 is 5.97 Å². The summed E-state index contributed by atoms with van der Waals surface area (Å²) < 4.78 is 4.51. The lowest BCUT2D eigenvalue weighted by Crippen LogP contribution is -2.40. The molecular formula is C12H13NO4. The van der Waals surface area contributed by atoms with Gasteiger partial charge in [0.05, 0.1) is 19.2 Å². The highest BCUT2D eigenvalue weighted by Gasteiger charge is 2.49. The number of methoxy groups -OCH3 is 1. The summed E-state index contributed by atoms with van der Waals surface area (Å²) in [5, 5.41) is 10.4. The van der Waals surface area contributed by atoms with E-state index in [1.165, 1.54) is 12.0 Å². The summed E-state index contributed by atoms with van der Waals surface area (Å²) in [6, 6.07) is 6.85. The van der Waals surface area contributed by atoms with Crippen molar-refractivity contribution in [2.24, 2.45) is 0 Å². The van der Waals surface area contributed by atoms with Crippen LogP contribution in [0, 0.1) is 0 Å². The van der Waals surface area contributed by atoms with E-state index >= 15 is 0 Å². The number of hydrogen-bond donors (Lipinski definition) is 1. The van der Waals surface area contributed by atoms with Gasteiger partial charge in [-0.2, -0.15) is 0 Å². The van der Waals surface area contributed by atoms with Crippen molar-refractivity contribution < 1.29 is 19.4 Å². The van der Waals surface area contributed by atoms with E-state index in [0.717, 1.165) is 0 Å². The molecule has 17 heavy (non-hydrogen) atoms. The largest absolute Gasteiger partial charge is 0.469 e. The second-order valence-electron chi connectivity index (χ2n) is 3.99. The standard InChI is InChI=1S/C12H13NO4/c1-13-9-6-4-3-5-8(9)12(16,11(13)15)7-10(14)17-2/h3-6,16H,7H2,1-2H3. The molecule has 0 radical (unpaired) electrons. The molecule has 0 bridgehead atoms. The summed E-state index contributed by atoms with van der Waals surface area (Å²) in [5.41, 5.74) is -0.750. The van der Waals surface area contributed by atoms with E-state index in [9.17, 15) is 14.7 Å². The summed E-state index contributed by atoms with van der Waals surface area (Å²) in [6.45, 7) is 0. The van der Waals surface area contributed by atoms with Crippen molar-refractivity contribution in [1.29, 1.82) is 0 Å². The zero-order chi connectivity index (χ0) is 12.6. The number of esters is 1. The number of fused-ring (bicyclic) bond motifs is 1. The van der Waals surface area contributed by atoms with Gasteiger partial charge in [0.25, 0.3) is 5.91 Å². The average Bonchev–Trinajstić information content (AvgIpc) is 2.53. The molecule has 1 aromatic carbocycles. The molecule has 1 atom stereocenters. The molecule has 0 aliphatic carbocycles. The average molecular weight is 235 g/mol. The van der Waals surface area contributed by atoms with E-state index in [1.807, 2.05) is 0 Å². The van der Waals surface area contributed by atoms with Crippen molar-refractivity contribution in [1.82, 2.24) is 0 Å². The van der Waals surface area contributed by atoms with Gasteiger partial charge in [-0.25, -0.2) is 0 Å². The molecule has 0 spiro atoms. The number of likely N-dealkylation sites (N-methyl/N-ethyl adjacent to an activating group) is 1. The minimum Gasteiger partial charge on any atom is -0.469 e. The van der Waals surface area contributed by atoms with Crippen molar-refractivity contribution in [3.8, 4) is 0 Å². The number of carbonyl (C=O) groups is 2. The van der Waals surface area contributed by atoms with E-state index in [4.69, 9.17) is 0 Å². The lowest BCUT2D eigenvalue weighted by molar-refractivity contribution is -0.153. The quantitative estimate of drug-likeness (QED) is 0.754. The van der Waals surface area contributed by atoms with Crippen LogP contribution in [0.15, 0.2) is 24.3 Å². The van der Waals surface area contributed by atoms with Gasteiger partial charge in [0.2, 0.25) is 0 Å². The van der Waals surface area contributed by atoms with Crippen LogP contribution >= 0.6 is 0 Å². The number of benzene rings is 1. The first-order valence-electron chi connectivity index (χ1n) is 5.17. The van der Waals surface area contributed by atoms with Gasteiger partial charge in [0, 0.05) is 12.6 Å². The number of carbonyl (C=O) groups excluding carboxylic acids is 2. The molecule has 1 aromatic rings. The van der Waals surface area contributed by atoms with E-state index in [2.05, 4.69) is 4.74 Å². The minimum atomic E-state index is -1.81. The van der Waals surface area contributed by atoms with Crippen LogP contribution in [0.25, 0.3) is 0 Å². The van der Waals surface area contributed by atoms with E-state index in [1.54, 1.807) is 31.3 Å². The number of para-hydroxylation sites is 1. The Morgan fingerprint density at radius 3 is 2.76 bits per heavy atom. The molecule has 0 aromatic heterocycles. The summed E-state index contributed by atoms with van der Waals surface area (Å²) in [5.74, 6) is -1.13. The smallest absolute Gasteiger partial charge is 0.309 e. The second-order valence-corrected chi connectivity index (χ2v) is 3.99. The zero-order valence-electron chi connectivity index (χ0n) is 9.64. The third-order valence-corrected chi connectivity index (χ3v) is 3.00. The third kappa shape index (κ3) is 1.59. The molecule has 5 nitrogen and oxygen atoms in total. The maximum Gasteiger partial charge on any atom is 0.309 e. The number of anilines is 1. The molecular weight excluding hydrogens is 222 g/mol. The molecule has 5 heteroatoms. The normalized spacial score (nSPS) is 22.5. The van der Waals surface area contributed by atoms with Crippen LogP contribution in [0.3, 0.4) is 0 Å². The van der Waals surface area contributed by atoms with Gasteiger partial charge in [-0.1, -0.05) is 18.2 Å². The third-order valence-electron chi connectivity index (χ3n) is 3.00. The highest BCUT2D eigenvalue weighted by Crippen LogP contribution is 2.41. The van der Waals surface area contributed by atoms with Gasteiger partial charge in [-0.3, -0.25) is 9.59 Å². The van der Waals surface area contributed by atoms with E-state index in [0.29, 0.717) is 11.3 Å². The maximum absolute atomic E-state index is 12.0. The Labute approximate surface area is 98.6 Å². The molecule has 0 fully saturated rings. The fourth-order valence-corrected chi connectivity index (χ4v) is 2.07. The van der Waals surface area contributed by atoms with Crippen LogP contribution in [-0.4, -0.2) is 31.1 Å². The number of amides is 1. The summed E-state index contributed by atoms with van der Waals surface area (Å²) >= 11 is 0. The maximum atomic E-state index is 12.0. The number of hydrogen-bond acceptors (Lipinski definition) is 4. The number of rotatable bonds is 2. The summed E-state index contributed by atoms with van der Waals surface area (Å²) in [7, 11) is 2.79. The highest BCUT2D eigenvalue weighted by atomic mass is 16.5. The lowest BCUT2D eigenvalue weighted by atomic mass is 9.92. The molecule has 1 heterocycles. The minimum absolute atomic E-state index is 0.371. The molecule has 1 aliphatic rings. The zero-order valence-corrected chi connectivity index (χ0v) is 9.64. The van der Waals surface area contributed by atoms with Crippen LogP contribution in [0.4, 0.5) is 5.69 Å². The van der Waals surface area contributed by atoms with Crippen molar-refractivity contribution >= 4 is 17.6 Å². The molecule has 1 aliphatic heterocycles. The van der Waals surface area contributed by atoms with Gasteiger partial charge in [-0.05, 0) is 6.07 Å². The Kier molecular flexibility index (Phi) is 2.63. The highest BCUT2D eigenvalue weighted by molar-refractivity contribution is 6.08. The van der Waals surface area contributed by atoms with Crippen molar-refractivity contribution in [2.45, 2.75) is 12.0 Å². The van der Waals surface area contributed by atoms with E-state index in [-0.39, 0.29) is 6.42 Å². The Bertz CT molecular complexity index is 485. The number of nitrogens with zero attached hydrogens (tertiary/aromatic N) is 1. The number of ether oxygens (including phenoxy) is 1. The fourth-order valence-electron chi connectivity index (χ4n) is 2.07. The summed E-state index contributed by atoms with van der Waals surface area (Å²) in [6.07, 6.45) is -0.371. The van der Waals surface area contributed by atoms with Crippen LogP contribution in [0.5, 0.6) is 0 Å². The van der Waals surface area contributed by atoms with E-state index < -0.39 is 17.5 Å². The lowest BCUT2D eigenvalue weighted by Gasteiger charge is -2.20. The SMILES string of the molecule is COC(=O)CC1(O)C(=O)N(C)c2ccccc21. The Morgan fingerprint density at radius 2 is 2.12 bits per heavy atom. The fraction of sp³-hybridized carbons (Fsp3) is 0.333. The van der Waals surface area contributed by atoms with Crippen LogP contribution in [0.1, 0.15) is 12.0 Å². The molecule has 90 valence electrons. The first-order valence-corrected chi connectivity index (χ1v) is 5.17. The molecule has 1 unspecified atom stereocenters. The monoisotopic (exact) mass is 235 g/mol. The van der Waals surface area contributed by atoms with Crippen molar-refractivity contribution in [2.75, 3.05) is 19.1 Å². The summed E-state index contributed by atoms with van der Waals surface area (Å²) in [4.78, 5) is 24.6. The van der Waals surface area contributed by atoms with Gasteiger partial charge in [0.15, 0.2) is 5.60 Å². The van der Waals surface area contributed by atoms with Gasteiger partial charge < -0.3 is 14.7 Å². The van der Waals surface area contributed by atoms with Crippen LogP contribution < -0.4 is 4.90 Å². The molecule has 1 N–H and O–H groups in total. The van der Waals surface area contributed by atoms with Crippen LogP contribution in [0.2, 0.25) is 0 Å². The van der Waals surface area contributed by atoms with Crippen molar-refractivity contribution in [3.05, 3.63) is 29.8 Å². The second kappa shape index (κ2) is 3.85. The predicted molar refractivity (Wildman–Crippen MR) is 60.4 cm³/mol. The molecule has 0 saturated carbocycles. The Morgan fingerprint density at radius 1 is 1.47 bits per heavy atom. The Balaban J connectivity index is 2.48. The first-order chi connectivity index (χ1) is 8.00. The van der Waals surface area contributed by atoms with Crippen LogP contribution in [-0.2, 0) is 19.9 Å². The topological polar surface area (TPSA) is 66.8 Å². The first kappa shape index (κ1) is 11.6. The molecule has 0 saturated heterocycles. The Hall–Kier alpha value is -1.88. The number of aliphatic hydroxyl groups is 1. The predicted octanol–water partition coefficient (Wildman–Crippen LogP) is 0.414. The van der Waals surface area contributed by atoms with Gasteiger partial charge in [0.1, 0.15) is 0 Å². The van der Waals surface area contributed by atoms with Gasteiger partial charge in [-0.15, -0.1) is 0 Å².